The lowest BCUT2D eigenvalue weighted by Gasteiger charge is -2.18. The Morgan fingerprint density at radius 1 is 0.372 bits per heavy atom. The van der Waals surface area contributed by atoms with E-state index in [4.69, 9.17) is 0 Å². The number of aryl methyl sites for hydroxylation is 4. The predicted molar refractivity (Wildman–Crippen MR) is 322 cm³/mol. The Bertz CT molecular complexity index is 3670. The molecule has 6 aromatic heterocycles. The Morgan fingerprint density at radius 2 is 0.756 bits per heavy atom. The number of benzene rings is 5. The lowest BCUT2D eigenvalue weighted by atomic mass is 9.92. The van der Waals surface area contributed by atoms with Gasteiger partial charge in [-0.1, -0.05) is 72.8 Å². The van der Waals surface area contributed by atoms with Gasteiger partial charge in [0.2, 0.25) is 0 Å². The first-order valence-electron chi connectivity index (χ1n) is 25.7. The maximum atomic E-state index is 4.69. The highest BCUT2D eigenvalue weighted by atomic mass is 15.1. The molecule has 78 heavy (non-hydrogen) atoms. The fourth-order valence-corrected chi connectivity index (χ4v) is 8.23. The minimum atomic E-state index is 0.786. The molecule has 12 rings (SSSR count). The van der Waals surface area contributed by atoms with Crippen LogP contribution >= 0.6 is 0 Å². The maximum absolute atomic E-state index is 4.69. The van der Waals surface area contributed by atoms with Crippen LogP contribution in [0, 0.1) is 13.8 Å². The molecule has 0 unspecified atom stereocenters. The summed E-state index contributed by atoms with van der Waals surface area (Å²) in [5.74, 6) is 0. The summed E-state index contributed by atoms with van der Waals surface area (Å²) in [6.07, 6.45) is 9.18. The Labute approximate surface area is 456 Å². The van der Waals surface area contributed by atoms with Crippen molar-refractivity contribution < 1.29 is 0 Å². The van der Waals surface area contributed by atoms with Crippen LogP contribution in [0.15, 0.2) is 239 Å². The van der Waals surface area contributed by atoms with Gasteiger partial charge in [-0.05, 0) is 171 Å². The van der Waals surface area contributed by atoms with Crippen LogP contribution in [0.3, 0.4) is 0 Å². The predicted octanol–water partition coefficient (Wildman–Crippen LogP) is 15.5. The van der Waals surface area contributed by atoms with Crippen molar-refractivity contribution in [3.8, 4) is 22.8 Å². The number of anilines is 2. The van der Waals surface area contributed by atoms with Gasteiger partial charge in [0, 0.05) is 74.1 Å². The van der Waals surface area contributed by atoms with Gasteiger partial charge in [0.1, 0.15) is 0 Å². The highest BCUT2D eigenvalue weighted by Gasteiger charge is 2.18. The Hall–Kier alpha value is -9.94. The van der Waals surface area contributed by atoms with Gasteiger partial charge in [0.25, 0.3) is 0 Å². The number of aromatic nitrogens is 6. The fraction of sp³-hybridized carbons (Fsp3) is 0.121. The Balaban J connectivity index is 0.000000128. The van der Waals surface area contributed by atoms with Crippen molar-refractivity contribution in [1.82, 2.24) is 29.9 Å². The number of nitrogens with zero attached hydrogens (tertiary/aromatic N) is 12. The average Bonchev–Trinajstić information content (AvgIpc) is 3.55. The zero-order valence-electron chi connectivity index (χ0n) is 44.7. The van der Waals surface area contributed by atoms with E-state index in [1.54, 1.807) is 24.8 Å². The summed E-state index contributed by atoms with van der Waals surface area (Å²) >= 11 is 0. The van der Waals surface area contributed by atoms with Crippen molar-refractivity contribution in [2.45, 2.75) is 26.7 Å². The molecule has 0 amide bonds. The first kappa shape index (κ1) is 52.9. The standard InChI is InChI=1S/C20H19N5.C18H12N2.C14H15N3.C14H14N2/c1-25(2)20-12-10-18(11-13-20)24-23-17-8-6-16(7-9-17)22-15-19-5-3-4-14-21-19;1-3-7-15-13(5-1)9-11-17(19-15)18-12-10-14-6-2-4-8-16(14)20-18;1-17(2)14-8-6-12(7-9-14)16-11-13-5-3-4-10-15-13;1-9-3-5-11-7-8-12-6-4-10(2)16-14(12)13(11)15-9/h3-15H,1-2H3;1-12H;3-11H,1-2H3;3-6H,7-8H2,1-2H3. The highest BCUT2D eigenvalue weighted by Crippen LogP contribution is 2.31. The van der Waals surface area contributed by atoms with E-state index in [1.165, 1.54) is 16.8 Å². The number of azo groups is 1. The van der Waals surface area contributed by atoms with E-state index in [9.17, 15) is 0 Å². The minimum Gasteiger partial charge on any atom is -0.378 e. The molecule has 5 aromatic carbocycles. The fourth-order valence-electron chi connectivity index (χ4n) is 8.23. The lowest BCUT2D eigenvalue weighted by Crippen LogP contribution is -2.08. The summed E-state index contributed by atoms with van der Waals surface area (Å²) in [7, 11) is 8.06. The topological polar surface area (TPSA) is 133 Å². The number of fused-ring (bicyclic) bond motifs is 5. The molecule has 12 nitrogen and oxygen atoms in total. The number of para-hydroxylation sites is 2. The molecule has 0 N–H and O–H groups in total. The summed E-state index contributed by atoms with van der Waals surface area (Å²) in [5, 5.41) is 10.8. The van der Waals surface area contributed by atoms with E-state index >= 15 is 0 Å². The third-order valence-electron chi connectivity index (χ3n) is 12.5. The van der Waals surface area contributed by atoms with Crippen LogP contribution in [-0.4, -0.2) is 70.5 Å². The summed E-state index contributed by atoms with van der Waals surface area (Å²) < 4.78 is 0. The molecule has 12 heteroatoms. The molecule has 0 fully saturated rings. The maximum Gasteiger partial charge on any atom is 0.0924 e. The van der Waals surface area contributed by atoms with Gasteiger partial charge in [0.05, 0.1) is 80.4 Å². The average molecular weight is 1020 g/mol. The summed E-state index contributed by atoms with van der Waals surface area (Å²) in [6, 6.07) is 68.1. The molecule has 0 saturated carbocycles. The number of rotatable bonds is 9. The molecular weight excluding hydrogens is 961 g/mol. The minimum absolute atomic E-state index is 0.786. The van der Waals surface area contributed by atoms with E-state index in [0.717, 1.165) is 109 Å². The normalized spacial score (nSPS) is 11.5. The molecule has 0 saturated heterocycles. The van der Waals surface area contributed by atoms with Crippen molar-refractivity contribution in [3.05, 3.63) is 253 Å². The SMILES string of the molecule is CN(C)c1ccc(N=Cc2ccccn2)cc1.CN(C)c1ccc(N=Nc2ccc(N=Cc3ccccn3)cc2)cc1.Cc1ccc2c(n1)-c1nc(C)ccc1CC2.c1ccc2nc(-c3ccc4ccccc4n3)ccc2c1. The van der Waals surface area contributed by atoms with Crippen molar-refractivity contribution in [3.63, 3.8) is 0 Å². The monoisotopic (exact) mass is 1020 g/mol. The third-order valence-corrected chi connectivity index (χ3v) is 12.5. The van der Waals surface area contributed by atoms with E-state index < -0.39 is 0 Å². The molecule has 0 bridgehead atoms. The molecule has 6 heterocycles. The van der Waals surface area contributed by atoms with Gasteiger partial charge >= 0.3 is 0 Å². The number of hydrogen-bond acceptors (Lipinski definition) is 12. The van der Waals surface area contributed by atoms with E-state index in [2.05, 4.69) is 104 Å². The molecule has 1 aliphatic carbocycles. The van der Waals surface area contributed by atoms with Gasteiger partial charge in [-0.15, -0.1) is 0 Å². The second-order valence-electron chi connectivity index (χ2n) is 18.8. The van der Waals surface area contributed by atoms with E-state index in [-0.39, 0.29) is 0 Å². The first-order chi connectivity index (χ1) is 38.1. The van der Waals surface area contributed by atoms with E-state index in [0.29, 0.717) is 0 Å². The van der Waals surface area contributed by atoms with Crippen molar-refractivity contribution in [2.75, 3.05) is 38.0 Å². The summed E-state index contributed by atoms with van der Waals surface area (Å²) in [4.78, 5) is 39.9. The van der Waals surface area contributed by atoms with Crippen LogP contribution < -0.4 is 9.80 Å². The van der Waals surface area contributed by atoms with Crippen LogP contribution in [0.1, 0.15) is 33.9 Å². The van der Waals surface area contributed by atoms with Gasteiger partial charge in [-0.2, -0.15) is 10.2 Å². The Kier molecular flexibility index (Phi) is 17.6. The molecule has 1 aliphatic rings. The zero-order valence-corrected chi connectivity index (χ0v) is 44.7. The van der Waals surface area contributed by atoms with Gasteiger partial charge in [0.15, 0.2) is 0 Å². The number of hydrogen-bond donors (Lipinski definition) is 0. The number of aliphatic imine (C=N–C) groups is 2. The summed E-state index contributed by atoms with van der Waals surface area (Å²) in [5.41, 5.74) is 18.2. The van der Waals surface area contributed by atoms with Crippen LogP contribution in [0.25, 0.3) is 44.6 Å². The van der Waals surface area contributed by atoms with Crippen molar-refractivity contribution in [1.29, 1.82) is 0 Å². The van der Waals surface area contributed by atoms with Crippen molar-refractivity contribution >= 4 is 68.4 Å². The Morgan fingerprint density at radius 3 is 1.17 bits per heavy atom. The third kappa shape index (κ3) is 14.7. The first-order valence-corrected chi connectivity index (χ1v) is 25.7. The molecule has 384 valence electrons. The second kappa shape index (κ2) is 26.0. The van der Waals surface area contributed by atoms with Gasteiger partial charge in [-0.3, -0.25) is 29.9 Å². The number of pyridine rings is 6. The van der Waals surface area contributed by atoms with Crippen LogP contribution in [-0.2, 0) is 12.8 Å². The lowest BCUT2D eigenvalue weighted by molar-refractivity contribution is 0.902. The van der Waals surface area contributed by atoms with Gasteiger partial charge < -0.3 is 9.80 Å². The summed E-state index contributed by atoms with van der Waals surface area (Å²) in [6.45, 7) is 4.06. The highest BCUT2D eigenvalue weighted by molar-refractivity contribution is 5.84. The molecular formula is C66H60N12. The molecule has 0 spiro atoms. The van der Waals surface area contributed by atoms with Gasteiger partial charge in [-0.25, -0.2) is 9.97 Å². The zero-order chi connectivity index (χ0) is 54.1. The molecule has 0 radical (unpaired) electrons. The van der Waals surface area contributed by atoms with E-state index in [1.807, 2.05) is 205 Å². The van der Waals surface area contributed by atoms with Crippen LogP contribution in [0.4, 0.5) is 34.1 Å². The second-order valence-corrected chi connectivity index (χ2v) is 18.8. The molecule has 11 aromatic rings. The quantitative estimate of drug-likeness (QED) is 0.103. The smallest absolute Gasteiger partial charge is 0.0924 e. The van der Waals surface area contributed by atoms with Crippen molar-refractivity contribution in [2.24, 2.45) is 20.2 Å². The van der Waals surface area contributed by atoms with Crippen LogP contribution in [0.2, 0.25) is 0 Å². The molecule has 0 aliphatic heterocycles. The van der Waals surface area contributed by atoms with Crippen LogP contribution in [0.5, 0.6) is 0 Å². The molecule has 0 atom stereocenters. The largest absolute Gasteiger partial charge is 0.378 e.